The Labute approximate surface area is 107 Å². The molecule has 1 atom stereocenters. The topological polar surface area (TPSA) is 40.9 Å². The predicted molar refractivity (Wildman–Crippen MR) is 69.9 cm³/mol. The van der Waals surface area contributed by atoms with Crippen molar-refractivity contribution in [2.24, 2.45) is 0 Å². The molecule has 0 aliphatic carbocycles. The molecule has 0 saturated heterocycles. The molecule has 0 saturated carbocycles. The minimum absolute atomic E-state index is 0.0603. The number of nitriles is 1. The largest absolute Gasteiger partial charge is 0.297 e. The van der Waals surface area contributed by atoms with Gasteiger partial charge in [0, 0.05) is 6.42 Å². The lowest BCUT2D eigenvalue weighted by molar-refractivity contribution is -0.118. The van der Waals surface area contributed by atoms with Gasteiger partial charge >= 0.3 is 0 Å². The summed E-state index contributed by atoms with van der Waals surface area (Å²) in [5.41, 5.74) is 1.71. The average Bonchev–Trinajstić information content (AvgIpc) is 2.42. The van der Waals surface area contributed by atoms with Crippen LogP contribution in [0.25, 0.3) is 0 Å². The summed E-state index contributed by atoms with van der Waals surface area (Å²) in [4.78, 5) is 12.1. The van der Waals surface area contributed by atoms with Crippen LogP contribution in [0.4, 0.5) is 0 Å². The first-order chi connectivity index (χ1) is 8.81. The van der Waals surface area contributed by atoms with E-state index in [1.165, 1.54) is 0 Å². The van der Waals surface area contributed by atoms with Gasteiger partial charge in [-0.05, 0) is 11.1 Å². The fraction of sp³-hybridized carbons (Fsp3) is 0.125. The maximum atomic E-state index is 12.1. The fourth-order valence-corrected chi connectivity index (χ4v) is 1.88. The molecule has 0 aliphatic heterocycles. The van der Waals surface area contributed by atoms with E-state index in [0.717, 1.165) is 11.1 Å². The number of hydrogen-bond donors (Lipinski definition) is 0. The van der Waals surface area contributed by atoms with Crippen molar-refractivity contribution in [3.05, 3.63) is 71.8 Å². The van der Waals surface area contributed by atoms with Crippen LogP contribution in [0.3, 0.4) is 0 Å². The monoisotopic (exact) mass is 235 g/mol. The van der Waals surface area contributed by atoms with E-state index in [1.807, 2.05) is 60.7 Å². The summed E-state index contributed by atoms with van der Waals surface area (Å²) in [5, 5.41) is 9.16. The maximum Gasteiger partial charge on any atom is 0.158 e. The molecular weight excluding hydrogens is 222 g/mol. The highest BCUT2D eigenvalue weighted by atomic mass is 16.1. The van der Waals surface area contributed by atoms with Crippen LogP contribution in [0.15, 0.2) is 60.7 Å². The normalized spacial score (nSPS) is 11.5. The van der Waals surface area contributed by atoms with E-state index in [0.29, 0.717) is 6.42 Å². The summed E-state index contributed by atoms with van der Waals surface area (Å²) >= 11 is 0. The number of carbonyl (C=O) groups excluding carboxylic acids is 1. The Morgan fingerprint density at radius 2 is 1.56 bits per heavy atom. The summed E-state index contributed by atoms with van der Waals surface area (Å²) < 4.78 is 0. The Morgan fingerprint density at radius 3 is 2.11 bits per heavy atom. The zero-order valence-electron chi connectivity index (χ0n) is 9.91. The number of ketones is 1. The number of benzene rings is 2. The Hall–Kier alpha value is -2.40. The SMILES string of the molecule is N#C[C@H](C(=O)Cc1ccccc1)c1ccccc1. The van der Waals surface area contributed by atoms with Gasteiger partial charge in [0.1, 0.15) is 5.92 Å². The Kier molecular flexibility index (Phi) is 3.88. The van der Waals surface area contributed by atoms with Crippen LogP contribution in [0.1, 0.15) is 17.0 Å². The lowest BCUT2D eigenvalue weighted by Crippen LogP contribution is -2.13. The van der Waals surface area contributed by atoms with Crippen molar-refractivity contribution in [2.45, 2.75) is 12.3 Å². The molecule has 88 valence electrons. The Balaban J connectivity index is 2.15. The third-order valence-electron chi connectivity index (χ3n) is 2.81. The first-order valence-electron chi connectivity index (χ1n) is 5.82. The molecule has 0 radical (unpaired) electrons. The highest BCUT2D eigenvalue weighted by Gasteiger charge is 2.19. The smallest absolute Gasteiger partial charge is 0.158 e. The second kappa shape index (κ2) is 5.79. The molecule has 2 aromatic carbocycles. The molecule has 2 aromatic rings. The molecule has 0 amide bonds. The van der Waals surface area contributed by atoms with E-state index in [9.17, 15) is 4.79 Å². The lowest BCUT2D eigenvalue weighted by atomic mass is 9.92. The summed E-state index contributed by atoms with van der Waals surface area (Å²) in [5.74, 6) is -0.735. The van der Waals surface area contributed by atoms with Crippen molar-refractivity contribution in [1.82, 2.24) is 0 Å². The van der Waals surface area contributed by atoms with Crippen LogP contribution in [-0.2, 0) is 11.2 Å². The second-order valence-electron chi connectivity index (χ2n) is 4.10. The zero-order chi connectivity index (χ0) is 12.8. The quantitative estimate of drug-likeness (QED) is 0.817. The Bertz CT molecular complexity index is 555. The standard InChI is InChI=1S/C16H13NO/c17-12-15(14-9-5-2-6-10-14)16(18)11-13-7-3-1-4-8-13/h1-10,15H,11H2/t15-/m0/s1. The molecule has 0 fully saturated rings. The molecule has 0 aliphatic rings. The van der Waals surface area contributed by atoms with E-state index in [1.54, 1.807) is 0 Å². The van der Waals surface area contributed by atoms with Crippen molar-refractivity contribution in [1.29, 1.82) is 5.26 Å². The molecule has 18 heavy (non-hydrogen) atoms. The van der Waals surface area contributed by atoms with Crippen molar-refractivity contribution in [3.63, 3.8) is 0 Å². The summed E-state index contributed by atoms with van der Waals surface area (Å²) in [6, 6.07) is 20.8. The number of hydrogen-bond acceptors (Lipinski definition) is 2. The van der Waals surface area contributed by atoms with Crippen molar-refractivity contribution in [3.8, 4) is 6.07 Å². The van der Waals surface area contributed by atoms with E-state index < -0.39 is 5.92 Å². The average molecular weight is 235 g/mol. The van der Waals surface area contributed by atoms with Crippen LogP contribution in [0.5, 0.6) is 0 Å². The molecule has 0 bridgehead atoms. The van der Waals surface area contributed by atoms with Crippen molar-refractivity contribution < 1.29 is 4.79 Å². The van der Waals surface area contributed by atoms with E-state index in [-0.39, 0.29) is 5.78 Å². The van der Waals surface area contributed by atoms with Gasteiger partial charge < -0.3 is 0 Å². The van der Waals surface area contributed by atoms with E-state index in [2.05, 4.69) is 6.07 Å². The van der Waals surface area contributed by atoms with Crippen LogP contribution in [0, 0.1) is 11.3 Å². The van der Waals surface area contributed by atoms with Crippen LogP contribution in [0.2, 0.25) is 0 Å². The summed E-state index contributed by atoms with van der Waals surface area (Å²) in [6.45, 7) is 0. The maximum absolute atomic E-state index is 12.1. The van der Waals surface area contributed by atoms with Gasteiger partial charge in [-0.1, -0.05) is 60.7 Å². The lowest BCUT2D eigenvalue weighted by Gasteiger charge is -2.08. The minimum atomic E-state index is -0.675. The van der Waals surface area contributed by atoms with Gasteiger partial charge in [0.05, 0.1) is 6.07 Å². The molecule has 0 aromatic heterocycles. The van der Waals surface area contributed by atoms with E-state index in [4.69, 9.17) is 5.26 Å². The summed E-state index contributed by atoms with van der Waals surface area (Å²) in [7, 11) is 0. The first-order valence-corrected chi connectivity index (χ1v) is 5.82. The molecule has 2 heteroatoms. The third-order valence-corrected chi connectivity index (χ3v) is 2.81. The molecule has 0 spiro atoms. The van der Waals surface area contributed by atoms with E-state index >= 15 is 0 Å². The molecule has 2 rings (SSSR count). The highest BCUT2D eigenvalue weighted by Crippen LogP contribution is 2.17. The van der Waals surface area contributed by atoms with Gasteiger partial charge in [0.25, 0.3) is 0 Å². The number of nitrogens with zero attached hydrogens (tertiary/aromatic N) is 1. The summed E-state index contributed by atoms with van der Waals surface area (Å²) in [6.07, 6.45) is 0.300. The van der Waals surface area contributed by atoms with Gasteiger partial charge in [-0.25, -0.2) is 0 Å². The molecule has 0 heterocycles. The first kappa shape index (κ1) is 12.1. The number of Topliss-reactive ketones (excluding diaryl/α,β-unsaturated/α-hetero) is 1. The van der Waals surface area contributed by atoms with Crippen LogP contribution < -0.4 is 0 Å². The molecular formula is C16H13NO. The van der Waals surface area contributed by atoms with Crippen LogP contribution >= 0.6 is 0 Å². The molecule has 2 nitrogen and oxygen atoms in total. The van der Waals surface area contributed by atoms with Gasteiger partial charge in [-0.3, -0.25) is 4.79 Å². The molecule has 0 N–H and O–H groups in total. The minimum Gasteiger partial charge on any atom is -0.297 e. The van der Waals surface area contributed by atoms with Crippen LogP contribution in [-0.4, -0.2) is 5.78 Å². The zero-order valence-corrected chi connectivity index (χ0v) is 9.91. The number of carbonyl (C=O) groups is 1. The highest BCUT2D eigenvalue weighted by molar-refractivity contribution is 5.90. The predicted octanol–water partition coefficient (Wildman–Crippen LogP) is 3.11. The van der Waals surface area contributed by atoms with Gasteiger partial charge in [0.15, 0.2) is 5.78 Å². The number of rotatable bonds is 4. The van der Waals surface area contributed by atoms with Gasteiger partial charge in [0.2, 0.25) is 0 Å². The van der Waals surface area contributed by atoms with Crippen molar-refractivity contribution in [2.75, 3.05) is 0 Å². The second-order valence-corrected chi connectivity index (χ2v) is 4.10. The molecule has 0 unspecified atom stereocenters. The fourth-order valence-electron chi connectivity index (χ4n) is 1.88. The van der Waals surface area contributed by atoms with Gasteiger partial charge in [-0.15, -0.1) is 0 Å². The van der Waals surface area contributed by atoms with Crippen molar-refractivity contribution >= 4 is 5.78 Å². The Morgan fingerprint density at radius 1 is 1.00 bits per heavy atom. The third kappa shape index (κ3) is 2.83. The van der Waals surface area contributed by atoms with Gasteiger partial charge in [-0.2, -0.15) is 5.26 Å².